The van der Waals surface area contributed by atoms with Gasteiger partial charge in [0.15, 0.2) is 0 Å². The molecule has 2 N–H and O–H groups in total. The molecule has 0 bridgehead atoms. The monoisotopic (exact) mass is 256 g/mol. The molecule has 1 aliphatic rings. The van der Waals surface area contributed by atoms with E-state index in [1.54, 1.807) is 0 Å². The van der Waals surface area contributed by atoms with E-state index in [-0.39, 0.29) is 17.9 Å². The Morgan fingerprint density at radius 1 is 1.39 bits per heavy atom. The normalized spacial score (nSPS) is 19.4. The molecular weight excluding hydrogens is 232 g/mol. The van der Waals surface area contributed by atoms with Crippen LogP contribution in [0, 0.1) is 5.92 Å². The van der Waals surface area contributed by atoms with Crippen molar-refractivity contribution in [2.75, 3.05) is 19.6 Å². The molecule has 1 aliphatic heterocycles. The maximum atomic E-state index is 11.9. The third kappa shape index (κ3) is 4.29. The number of carbonyl (C=O) groups is 2. The number of rotatable bonds is 6. The van der Waals surface area contributed by atoms with Gasteiger partial charge in [0.1, 0.15) is 0 Å². The summed E-state index contributed by atoms with van der Waals surface area (Å²) in [6, 6.07) is -0.156. The number of nitrogens with one attached hydrogen (secondary N) is 1. The lowest BCUT2D eigenvalue weighted by Crippen LogP contribution is -2.49. The number of amides is 1. The first-order valence-electron chi connectivity index (χ1n) is 6.80. The standard InChI is InChI=1S/C13H24N2O3/c1-3-4-7-14-12(16)10(2)15-8-5-11(6-9-15)13(17)18/h10-11H,3-9H2,1-2H3,(H,14,16)(H,17,18). The number of hydrogen-bond donors (Lipinski definition) is 2. The highest BCUT2D eigenvalue weighted by Gasteiger charge is 2.29. The molecular formula is C13H24N2O3. The summed E-state index contributed by atoms with van der Waals surface area (Å²) in [5.41, 5.74) is 0. The molecule has 1 heterocycles. The van der Waals surface area contributed by atoms with E-state index >= 15 is 0 Å². The van der Waals surface area contributed by atoms with Gasteiger partial charge >= 0.3 is 5.97 Å². The second kappa shape index (κ2) is 7.36. The average Bonchev–Trinajstić information content (AvgIpc) is 2.38. The SMILES string of the molecule is CCCCNC(=O)C(C)N1CCC(C(=O)O)CC1. The van der Waals surface area contributed by atoms with Crippen LogP contribution < -0.4 is 5.32 Å². The molecule has 0 aromatic carbocycles. The maximum absolute atomic E-state index is 11.9. The molecule has 0 aromatic rings. The van der Waals surface area contributed by atoms with Gasteiger partial charge in [-0.05, 0) is 39.3 Å². The Balaban J connectivity index is 2.32. The van der Waals surface area contributed by atoms with Crippen molar-refractivity contribution >= 4 is 11.9 Å². The number of carboxylic acid groups (broad SMARTS) is 1. The Kier molecular flexibility index (Phi) is 6.12. The van der Waals surface area contributed by atoms with Crippen LogP contribution in [0.2, 0.25) is 0 Å². The first-order chi connectivity index (χ1) is 8.56. The largest absolute Gasteiger partial charge is 0.481 e. The highest BCUT2D eigenvalue weighted by Crippen LogP contribution is 2.19. The fourth-order valence-corrected chi connectivity index (χ4v) is 2.24. The maximum Gasteiger partial charge on any atom is 0.306 e. The number of carbonyl (C=O) groups excluding carboxylic acids is 1. The van der Waals surface area contributed by atoms with Gasteiger partial charge in [-0.25, -0.2) is 0 Å². The number of aliphatic carboxylic acids is 1. The molecule has 0 saturated carbocycles. The lowest BCUT2D eigenvalue weighted by atomic mass is 9.96. The van der Waals surface area contributed by atoms with Gasteiger partial charge in [-0.3, -0.25) is 14.5 Å². The molecule has 0 radical (unpaired) electrons. The lowest BCUT2D eigenvalue weighted by molar-refractivity contribution is -0.143. The van der Waals surface area contributed by atoms with E-state index < -0.39 is 5.97 Å². The van der Waals surface area contributed by atoms with Crippen molar-refractivity contribution in [2.45, 2.75) is 45.6 Å². The Hall–Kier alpha value is -1.10. The third-order valence-electron chi connectivity index (χ3n) is 3.64. The van der Waals surface area contributed by atoms with E-state index in [4.69, 9.17) is 5.11 Å². The average molecular weight is 256 g/mol. The fourth-order valence-electron chi connectivity index (χ4n) is 2.24. The molecule has 5 heteroatoms. The van der Waals surface area contributed by atoms with Crippen molar-refractivity contribution in [1.82, 2.24) is 10.2 Å². The first-order valence-corrected chi connectivity index (χ1v) is 6.80. The lowest BCUT2D eigenvalue weighted by Gasteiger charge is -2.33. The third-order valence-corrected chi connectivity index (χ3v) is 3.64. The Bertz CT molecular complexity index is 286. The molecule has 1 atom stereocenters. The van der Waals surface area contributed by atoms with E-state index in [9.17, 15) is 9.59 Å². The fraction of sp³-hybridized carbons (Fsp3) is 0.846. The molecule has 1 rings (SSSR count). The summed E-state index contributed by atoms with van der Waals surface area (Å²) >= 11 is 0. The molecule has 18 heavy (non-hydrogen) atoms. The van der Waals surface area contributed by atoms with Crippen molar-refractivity contribution in [2.24, 2.45) is 5.92 Å². The number of nitrogens with zero attached hydrogens (tertiary/aromatic N) is 1. The van der Waals surface area contributed by atoms with Crippen molar-refractivity contribution < 1.29 is 14.7 Å². The first kappa shape index (κ1) is 15.0. The van der Waals surface area contributed by atoms with Crippen molar-refractivity contribution in [3.63, 3.8) is 0 Å². The van der Waals surface area contributed by atoms with Crippen LogP contribution in [-0.2, 0) is 9.59 Å². The number of hydrogen-bond acceptors (Lipinski definition) is 3. The van der Waals surface area contributed by atoms with Gasteiger partial charge in [-0.1, -0.05) is 13.3 Å². The zero-order valence-electron chi connectivity index (χ0n) is 11.3. The second-order valence-electron chi connectivity index (χ2n) is 4.97. The number of piperidine rings is 1. The second-order valence-corrected chi connectivity index (χ2v) is 4.97. The predicted molar refractivity (Wildman–Crippen MR) is 69.3 cm³/mol. The van der Waals surface area contributed by atoms with Crippen molar-refractivity contribution in [3.05, 3.63) is 0 Å². The van der Waals surface area contributed by atoms with Gasteiger partial charge in [0.2, 0.25) is 5.91 Å². The van der Waals surface area contributed by atoms with Gasteiger partial charge in [-0.2, -0.15) is 0 Å². The number of carboxylic acids is 1. The summed E-state index contributed by atoms with van der Waals surface area (Å²) < 4.78 is 0. The summed E-state index contributed by atoms with van der Waals surface area (Å²) in [6.07, 6.45) is 3.35. The van der Waals surface area contributed by atoms with Gasteiger partial charge in [0, 0.05) is 6.54 Å². The van der Waals surface area contributed by atoms with E-state index in [2.05, 4.69) is 17.1 Å². The summed E-state index contributed by atoms with van der Waals surface area (Å²) in [4.78, 5) is 24.8. The van der Waals surface area contributed by atoms with Gasteiger partial charge in [0.25, 0.3) is 0 Å². The topological polar surface area (TPSA) is 69.6 Å². The minimum absolute atomic E-state index is 0.0530. The highest BCUT2D eigenvalue weighted by atomic mass is 16.4. The molecule has 0 aromatic heterocycles. The molecule has 1 amide bonds. The predicted octanol–water partition coefficient (Wildman–Crippen LogP) is 1.09. The van der Waals surface area contributed by atoms with Crippen LogP contribution in [0.3, 0.4) is 0 Å². The van der Waals surface area contributed by atoms with Crippen molar-refractivity contribution in [3.8, 4) is 0 Å². The molecule has 1 saturated heterocycles. The molecule has 1 unspecified atom stereocenters. The Morgan fingerprint density at radius 3 is 2.50 bits per heavy atom. The minimum Gasteiger partial charge on any atom is -0.481 e. The van der Waals surface area contributed by atoms with Crippen LogP contribution in [0.25, 0.3) is 0 Å². The minimum atomic E-state index is -0.713. The van der Waals surface area contributed by atoms with Crippen LogP contribution in [0.1, 0.15) is 39.5 Å². The van der Waals surface area contributed by atoms with Gasteiger partial charge < -0.3 is 10.4 Å². The van der Waals surface area contributed by atoms with Crippen LogP contribution in [0.5, 0.6) is 0 Å². The molecule has 1 fully saturated rings. The Morgan fingerprint density at radius 2 is 2.00 bits per heavy atom. The summed E-state index contributed by atoms with van der Waals surface area (Å²) in [7, 11) is 0. The summed E-state index contributed by atoms with van der Waals surface area (Å²) in [5, 5.41) is 11.8. The van der Waals surface area contributed by atoms with Gasteiger partial charge in [-0.15, -0.1) is 0 Å². The van der Waals surface area contributed by atoms with Gasteiger partial charge in [0.05, 0.1) is 12.0 Å². The van der Waals surface area contributed by atoms with Crippen molar-refractivity contribution in [1.29, 1.82) is 0 Å². The van der Waals surface area contributed by atoms with E-state index in [0.717, 1.165) is 19.4 Å². The Labute approximate surface area is 109 Å². The van der Waals surface area contributed by atoms with E-state index in [0.29, 0.717) is 25.9 Å². The number of unbranched alkanes of at least 4 members (excludes halogenated alkanes) is 1. The highest BCUT2D eigenvalue weighted by molar-refractivity contribution is 5.81. The summed E-state index contributed by atoms with van der Waals surface area (Å²) in [5.74, 6) is -0.900. The zero-order chi connectivity index (χ0) is 13.5. The van der Waals surface area contributed by atoms with Crippen LogP contribution >= 0.6 is 0 Å². The molecule has 5 nitrogen and oxygen atoms in total. The zero-order valence-corrected chi connectivity index (χ0v) is 11.3. The van der Waals surface area contributed by atoms with Crippen LogP contribution in [0.15, 0.2) is 0 Å². The molecule has 0 aliphatic carbocycles. The van der Waals surface area contributed by atoms with E-state index in [1.165, 1.54) is 0 Å². The smallest absolute Gasteiger partial charge is 0.306 e. The number of likely N-dealkylation sites (tertiary alicyclic amines) is 1. The van der Waals surface area contributed by atoms with Crippen LogP contribution in [0.4, 0.5) is 0 Å². The van der Waals surface area contributed by atoms with Crippen LogP contribution in [-0.4, -0.2) is 47.6 Å². The molecule has 0 spiro atoms. The van der Waals surface area contributed by atoms with E-state index in [1.807, 2.05) is 6.92 Å². The molecule has 104 valence electrons. The quantitative estimate of drug-likeness (QED) is 0.698. The summed E-state index contributed by atoms with van der Waals surface area (Å²) in [6.45, 7) is 6.10.